The quantitative estimate of drug-likeness (QED) is 0.607. The first kappa shape index (κ1) is 14.7. The average molecular weight is 344 g/mol. The first-order chi connectivity index (χ1) is 9.40. The zero-order chi connectivity index (χ0) is 14.9. The molecule has 1 heterocycles. The summed E-state index contributed by atoms with van der Waals surface area (Å²) in [6, 6.07) is -0.197. The molecule has 1 aromatic heterocycles. The van der Waals surface area contributed by atoms with Gasteiger partial charge in [-0.25, -0.2) is 4.98 Å². The molecule has 108 valence electrons. The predicted molar refractivity (Wildman–Crippen MR) is 75.7 cm³/mol. The monoisotopic (exact) mass is 343 g/mol. The number of aromatic nitrogens is 1. The van der Waals surface area contributed by atoms with Gasteiger partial charge in [-0.15, -0.1) is 0 Å². The number of carboxylic acid groups (broad SMARTS) is 1. The number of nitrogens with zero attached hydrogens (tertiary/aromatic N) is 2. The Morgan fingerprint density at radius 1 is 1.70 bits per heavy atom. The Kier molecular flexibility index (Phi) is 4.22. The summed E-state index contributed by atoms with van der Waals surface area (Å²) in [6.45, 7) is 1.62. The number of aliphatic carboxylic acids is 1. The third-order valence-electron chi connectivity index (χ3n) is 3.34. The second kappa shape index (κ2) is 5.74. The van der Waals surface area contributed by atoms with Gasteiger partial charge in [0.2, 0.25) is 0 Å². The van der Waals surface area contributed by atoms with Gasteiger partial charge in [-0.1, -0.05) is 0 Å². The topological polar surface area (TPSA) is 105 Å². The van der Waals surface area contributed by atoms with Crippen molar-refractivity contribution >= 4 is 33.4 Å². The van der Waals surface area contributed by atoms with E-state index >= 15 is 0 Å². The Morgan fingerprint density at radius 2 is 2.35 bits per heavy atom. The molecule has 0 spiro atoms. The highest BCUT2D eigenvalue weighted by Gasteiger charge is 2.33. The Labute approximate surface area is 123 Å². The molecular weight excluding hydrogens is 330 g/mol. The van der Waals surface area contributed by atoms with E-state index in [2.05, 4.69) is 26.2 Å². The van der Waals surface area contributed by atoms with Crippen molar-refractivity contribution in [3.63, 3.8) is 0 Å². The molecule has 1 aliphatic rings. The minimum Gasteiger partial charge on any atom is -0.481 e. The van der Waals surface area contributed by atoms with Crippen molar-refractivity contribution in [2.75, 3.05) is 5.32 Å². The third kappa shape index (κ3) is 3.24. The lowest BCUT2D eigenvalue weighted by molar-refractivity contribution is -0.385. The van der Waals surface area contributed by atoms with Crippen LogP contribution < -0.4 is 5.32 Å². The molecule has 8 heteroatoms. The average Bonchev–Trinajstić information content (AvgIpc) is 3.17. The summed E-state index contributed by atoms with van der Waals surface area (Å²) in [5.74, 6) is -0.0919. The van der Waals surface area contributed by atoms with Crippen LogP contribution in [-0.4, -0.2) is 27.0 Å². The van der Waals surface area contributed by atoms with Crippen molar-refractivity contribution in [3.05, 3.63) is 26.3 Å². The molecule has 1 unspecified atom stereocenters. The van der Waals surface area contributed by atoms with Crippen LogP contribution in [0.15, 0.2) is 10.7 Å². The van der Waals surface area contributed by atoms with E-state index in [0.717, 1.165) is 12.8 Å². The van der Waals surface area contributed by atoms with Crippen molar-refractivity contribution in [2.45, 2.75) is 32.2 Å². The van der Waals surface area contributed by atoms with Gasteiger partial charge in [0.15, 0.2) is 0 Å². The largest absolute Gasteiger partial charge is 0.481 e. The van der Waals surface area contributed by atoms with Crippen LogP contribution in [0.1, 0.15) is 24.8 Å². The van der Waals surface area contributed by atoms with Crippen molar-refractivity contribution in [3.8, 4) is 0 Å². The Morgan fingerprint density at radius 3 is 2.85 bits per heavy atom. The molecule has 0 radical (unpaired) electrons. The lowest BCUT2D eigenvalue weighted by atomic mass is 10.1. The molecule has 1 fully saturated rings. The smallest absolute Gasteiger partial charge is 0.305 e. The molecule has 0 saturated heterocycles. The van der Waals surface area contributed by atoms with E-state index in [0.29, 0.717) is 21.8 Å². The maximum atomic E-state index is 10.9. The van der Waals surface area contributed by atoms with Crippen LogP contribution >= 0.6 is 15.9 Å². The van der Waals surface area contributed by atoms with E-state index in [1.54, 1.807) is 6.92 Å². The van der Waals surface area contributed by atoms with Gasteiger partial charge in [-0.2, -0.15) is 0 Å². The van der Waals surface area contributed by atoms with Crippen LogP contribution in [0.2, 0.25) is 0 Å². The Balaban J connectivity index is 2.22. The maximum absolute atomic E-state index is 10.9. The van der Waals surface area contributed by atoms with E-state index in [9.17, 15) is 14.9 Å². The van der Waals surface area contributed by atoms with E-state index in [4.69, 9.17) is 5.11 Å². The van der Waals surface area contributed by atoms with Crippen LogP contribution in [0.4, 0.5) is 11.5 Å². The lowest BCUT2D eigenvalue weighted by Crippen LogP contribution is -2.26. The molecule has 2 rings (SSSR count). The number of carbonyl (C=O) groups is 1. The molecule has 1 aliphatic carbocycles. The number of halogens is 1. The minimum atomic E-state index is -0.871. The van der Waals surface area contributed by atoms with Crippen LogP contribution in [0.5, 0.6) is 0 Å². The Bertz CT molecular complexity index is 560. The van der Waals surface area contributed by atoms with E-state index in [-0.39, 0.29) is 18.2 Å². The van der Waals surface area contributed by atoms with Gasteiger partial charge >= 0.3 is 5.97 Å². The molecule has 1 atom stereocenters. The summed E-state index contributed by atoms with van der Waals surface area (Å²) in [4.78, 5) is 25.2. The highest BCUT2D eigenvalue weighted by atomic mass is 79.9. The minimum absolute atomic E-state index is 0.00875. The first-order valence-electron chi connectivity index (χ1n) is 6.18. The summed E-state index contributed by atoms with van der Waals surface area (Å²) < 4.78 is 0.503. The number of hydrogen-bond acceptors (Lipinski definition) is 5. The first-order valence-corrected chi connectivity index (χ1v) is 6.97. The van der Waals surface area contributed by atoms with Gasteiger partial charge < -0.3 is 10.4 Å². The van der Waals surface area contributed by atoms with Crippen molar-refractivity contribution in [1.82, 2.24) is 4.98 Å². The summed E-state index contributed by atoms with van der Waals surface area (Å²) in [5, 5.41) is 22.8. The number of rotatable bonds is 6. The zero-order valence-corrected chi connectivity index (χ0v) is 12.4. The van der Waals surface area contributed by atoms with Gasteiger partial charge in [0.25, 0.3) is 5.69 Å². The number of hydrogen-bond donors (Lipinski definition) is 2. The number of nitro groups is 1. The van der Waals surface area contributed by atoms with Crippen LogP contribution in [-0.2, 0) is 4.79 Å². The van der Waals surface area contributed by atoms with Gasteiger partial charge in [-0.3, -0.25) is 14.9 Å². The summed E-state index contributed by atoms with van der Waals surface area (Å²) in [6.07, 6.45) is 3.19. The molecule has 7 nitrogen and oxygen atoms in total. The fraction of sp³-hybridized carbons (Fsp3) is 0.500. The van der Waals surface area contributed by atoms with E-state index in [1.165, 1.54) is 6.20 Å². The molecule has 1 saturated carbocycles. The number of carboxylic acids is 1. The third-order valence-corrected chi connectivity index (χ3v) is 4.31. The standard InChI is InChI=1S/C12H14BrN3O4/c1-6-9(16(19)20)5-14-12(11(6)13)15-8(4-10(17)18)7-2-3-7/h5,7-8H,2-4H2,1H3,(H,14,15)(H,17,18). The lowest BCUT2D eigenvalue weighted by Gasteiger charge is -2.18. The second-order valence-corrected chi connectivity index (χ2v) is 5.67. The summed E-state index contributed by atoms with van der Waals surface area (Å²) >= 11 is 3.29. The van der Waals surface area contributed by atoms with Crippen LogP contribution in [0, 0.1) is 23.0 Å². The maximum Gasteiger partial charge on any atom is 0.305 e. The predicted octanol–water partition coefficient (Wildman–Crippen LogP) is 2.73. The van der Waals surface area contributed by atoms with E-state index in [1.807, 2.05) is 0 Å². The molecule has 0 bridgehead atoms. The van der Waals surface area contributed by atoms with Crippen LogP contribution in [0.3, 0.4) is 0 Å². The molecule has 0 aliphatic heterocycles. The zero-order valence-electron chi connectivity index (χ0n) is 10.8. The number of nitrogens with one attached hydrogen (secondary N) is 1. The summed E-state index contributed by atoms with van der Waals surface area (Å²) in [7, 11) is 0. The second-order valence-electron chi connectivity index (χ2n) is 4.87. The molecule has 1 aromatic rings. The number of pyridine rings is 1. The van der Waals surface area contributed by atoms with Gasteiger partial charge in [0.1, 0.15) is 12.0 Å². The molecule has 2 N–H and O–H groups in total. The highest BCUT2D eigenvalue weighted by molar-refractivity contribution is 9.10. The fourth-order valence-electron chi connectivity index (χ4n) is 2.05. The van der Waals surface area contributed by atoms with Gasteiger partial charge in [0, 0.05) is 11.6 Å². The fourth-order valence-corrected chi connectivity index (χ4v) is 2.47. The van der Waals surface area contributed by atoms with Gasteiger partial charge in [0.05, 0.1) is 15.8 Å². The summed E-state index contributed by atoms with van der Waals surface area (Å²) in [5.41, 5.74) is 0.404. The Hall–Kier alpha value is -1.70. The normalized spacial score (nSPS) is 15.7. The molecule has 20 heavy (non-hydrogen) atoms. The van der Waals surface area contributed by atoms with Crippen molar-refractivity contribution < 1.29 is 14.8 Å². The SMILES string of the molecule is Cc1c([N+](=O)[O-])cnc(NC(CC(=O)O)C2CC2)c1Br. The van der Waals surface area contributed by atoms with Gasteiger partial charge in [-0.05, 0) is 41.6 Å². The molecule has 0 amide bonds. The number of anilines is 1. The van der Waals surface area contributed by atoms with Crippen LogP contribution in [0.25, 0.3) is 0 Å². The molecular formula is C12H14BrN3O4. The molecule has 0 aromatic carbocycles. The van der Waals surface area contributed by atoms with Crippen molar-refractivity contribution in [2.24, 2.45) is 5.92 Å². The van der Waals surface area contributed by atoms with Crippen molar-refractivity contribution in [1.29, 1.82) is 0 Å². The van der Waals surface area contributed by atoms with E-state index < -0.39 is 10.9 Å². The highest BCUT2D eigenvalue weighted by Crippen LogP contribution is 2.37.